The van der Waals surface area contributed by atoms with Crippen LogP contribution < -0.4 is 10.6 Å². The van der Waals surface area contributed by atoms with Crippen molar-refractivity contribution < 1.29 is 9.59 Å². The minimum atomic E-state index is -0.112. The Morgan fingerprint density at radius 2 is 2.07 bits per heavy atom. The highest BCUT2D eigenvalue weighted by atomic mass is 32.2. The molecule has 0 saturated heterocycles. The summed E-state index contributed by atoms with van der Waals surface area (Å²) in [5.74, 6) is 0.648. The summed E-state index contributed by atoms with van der Waals surface area (Å²) in [4.78, 5) is 25.2. The number of aromatic nitrogens is 1. The third-order valence-electron chi connectivity index (χ3n) is 4.64. The number of carbonyl (C=O) groups excluding carboxylic acids is 2. The van der Waals surface area contributed by atoms with Crippen molar-refractivity contribution in [3.8, 4) is 0 Å². The number of anilines is 1. The van der Waals surface area contributed by atoms with Gasteiger partial charge in [0.25, 0.3) is 5.91 Å². The molecule has 0 unspecified atom stereocenters. The van der Waals surface area contributed by atoms with Crippen molar-refractivity contribution in [2.45, 2.75) is 24.3 Å². The summed E-state index contributed by atoms with van der Waals surface area (Å²) in [6.45, 7) is 1.45. The number of aryl methyl sites for hydroxylation is 1. The van der Waals surface area contributed by atoms with E-state index in [1.54, 1.807) is 17.8 Å². The van der Waals surface area contributed by atoms with Crippen molar-refractivity contribution in [3.05, 3.63) is 60.3 Å². The van der Waals surface area contributed by atoms with Gasteiger partial charge in [-0.3, -0.25) is 9.59 Å². The first kappa shape index (κ1) is 17.7. The van der Waals surface area contributed by atoms with Crippen molar-refractivity contribution in [2.24, 2.45) is 0 Å². The quantitative estimate of drug-likeness (QED) is 0.661. The smallest absolute Gasteiger partial charge is 0.251 e. The van der Waals surface area contributed by atoms with Crippen LogP contribution in [-0.4, -0.2) is 28.7 Å². The zero-order valence-electron chi connectivity index (χ0n) is 14.9. The van der Waals surface area contributed by atoms with E-state index in [2.05, 4.69) is 39.6 Å². The van der Waals surface area contributed by atoms with E-state index in [9.17, 15) is 9.59 Å². The molecule has 1 aliphatic rings. The first-order chi connectivity index (χ1) is 13.2. The van der Waals surface area contributed by atoms with Gasteiger partial charge in [0.1, 0.15) is 0 Å². The van der Waals surface area contributed by atoms with Crippen LogP contribution in [0.2, 0.25) is 0 Å². The van der Waals surface area contributed by atoms with E-state index in [0.29, 0.717) is 18.5 Å². The SMILES string of the molecule is O=C1CCSc2ccc(C(=O)NCCCn3ccc4ccccc43)cc2N1. The van der Waals surface area contributed by atoms with Gasteiger partial charge in [-0.25, -0.2) is 0 Å². The molecule has 0 spiro atoms. The average molecular weight is 379 g/mol. The van der Waals surface area contributed by atoms with Gasteiger partial charge in [-0.05, 0) is 42.1 Å². The van der Waals surface area contributed by atoms with Gasteiger partial charge >= 0.3 is 0 Å². The number of nitrogens with one attached hydrogen (secondary N) is 2. The van der Waals surface area contributed by atoms with Gasteiger partial charge in [0, 0.05) is 47.4 Å². The summed E-state index contributed by atoms with van der Waals surface area (Å²) in [7, 11) is 0. The molecule has 2 heterocycles. The number of benzene rings is 2. The summed E-state index contributed by atoms with van der Waals surface area (Å²) in [6, 6.07) is 15.9. The Balaban J connectivity index is 1.34. The molecule has 0 bridgehead atoms. The highest BCUT2D eigenvalue weighted by Crippen LogP contribution is 2.31. The van der Waals surface area contributed by atoms with Crippen LogP contribution in [0, 0.1) is 0 Å². The van der Waals surface area contributed by atoms with Crippen LogP contribution in [0.5, 0.6) is 0 Å². The highest BCUT2D eigenvalue weighted by Gasteiger charge is 2.15. The van der Waals surface area contributed by atoms with Gasteiger partial charge in [-0.1, -0.05) is 18.2 Å². The van der Waals surface area contributed by atoms with Gasteiger partial charge in [0.15, 0.2) is 0 Å². The van der Waals surface area contributed by atoms with Crippen LogP contribution >= 0.6 is 11.8 Å². The minimum absolute atomic E-state index is 0.00208. The van der Waals surface area contributed by atoms with Crippen molar-refractivity contribution >= 4 is 40.2 Å². The Hall–Kier alpha value is -2.73. The van der Waals surface area contributed by atoms with Crippen molar-refractivity contribution in [1.82, 2.24) is 9.88 Å². The number of hydrogen-bond donors (Lipinski definition) is 2. The second-order valence-corrected chi connectivity index (χ2v) is 7.67. The highest BCUT2D eigenvalue weighted by molar-refractivity contribution is 7.99. The molecular weight excluding hydrogens is 358 g/mol. The third kappa shape index (κ3) is 4.01. The molecule has 3 aromatic rings. The fourth-order valence-corrected chi connectivity index (χ4v) is 4.19. The van der Waals surface area contributed by atoms with Crippen LogP contribution in [0.1, 0.15) is 23.2 Å². The summed E-state index contributed by atoms with van der Waals surface area (Å²) in [5.41, 5.74) is 2.51. The topological polar surface area (TPSA) is 63.1 Å². The summed E-state index contributed by atoms with van der Waals surface area (Å²) in [6.07, 6.45) is 3.43. The maximum absolute atomic E-state index is 12.4. The van der Waals surface area contributed by atoms with Crippen LogP contribution in [0.4, 0.5) is 5.69 Å². The van der Waals surface area contributed by atoms with E-state index in [-0.39, 0.29) is 11.8 Å². The Morgan fingerprint density at radius 3 is 3.00 bits per heavy atom. The van der Waals surface area contributed by atoms with E-state index in [1.165, 1.54) is 10.9 Å². The zero-order valence-corrected chi connectivity index (χ0v) is 15.7. The van der Waals surface area contributed by atoms with Crippen molar-refractivity contribution in [3.63, 3.8) is 0 Å². The summed E-state index contributed by atoms with van der Waals surface area (Å²) in [5, 5.41) is 7.08. The minimum Gasteiger partial charge on any atom is -0.352 e. The molecule has 1 aromatic heterocycles. The summed E-state index contributed by atoms with van der Waals surface area (Å²) < 4.78 is 2.21. The van der Waals surface area contributed by atoms with Crippen molar-refractivity contribution in [2.75, 3.05) is 17.6 Å². The van der Waals surface area contributed by atoms with Crippen LogP contribution in [-0.2, 0) is 11.3 Å². The number of fused-ring (bicyclic) bond motifs is 2. The molecule has 2 N–H and O–H groups in total. The van der Waals surface area contributed by atoms with Gasteiger partial charge in [0.2, 0.25) is 5.91 Å². The number of hydrogen-bond acceptors (Lipinski definition) is 3. The zero-order chi connectivity index (χ0) is 18.6. The predicted octanol–water partition coefficient (Wildman–Crippen LogP) is 3.90. The van der Waals surface area contributed by atoms with E-state index >= 15 is 0 Å². The molecule has 6 heteroatoms. The van der Waals surface area contributed by atoms with E-state index in [0.717, 1.165) is 29.3 Å². The van der Waals surface area contributed by atoms with E-state index in [1.807, 2.05) is 24.3 Å². The Bertz CT molecular complexity index is 996. The molecule has 4 rings (SSSR count). The van der Waals surface area contributed by atoms with E-state index < -0.39 is 0 Å². The molecular formula is C21H21N3O2S. The van der Waals surface area contributed by atoms with Gasteiger partial charge in [-0.15, -0.1) is 11.8 Å². The number of rotatable bonds is 5. The standard InChI is InChI=1S/C21H21N3O2S/c25-20-9-13-27-19-7-6-16(14-17(19)23-20)21(26)22-10-3-11-24-12-8-15-4-1-2-5-18(15)24/h1-2,4-8,12,14H,3,9-11,13H2,(H,22,26)(H,23,25). The number of carbonyl (C=O) groups is 2. The first-order valence-electron chi connectivity index (χ1n) is 9.09. The maximum atomic E-state index is 12.4. The number of para-hydroxylation sites is 1. The predicted molar refractivity (Wildman–Crippen MR) is 109 cm³/mol. The molecule has 1 aliphatic heterocycles. The molecule has 0 aliphatic carbocycles. The van der Waals surface area contributed by atoms with Gasteiger partial charge in [0.05, 0.1) is 5.69 Å². The lowest BCUT2D eigenvalue weighted by molar-refractivity contribution is -0.115. The Kier molecular flexibility index (Phi) is 5.16. The number of nitrogens with zero attached hydrogens (tertiary/aromatic N) is 1. The largest absolute Gasteiger partial charge is 0.352 e. The molecule has 5 nitrogen and oxygen atoms in total. The summed E-state index contributed by atoms with van der Waals surface area (Å²) >= 11 is 1.64. The van der Waals surface area contributed by atoms with Crippen molar-refractivity contribution in [1.29, 1.82) is 0 Å². The fourth-order valence-electron chi connectivity index (χ4n) is 3.25. The number of amides is 2. The lowest BCUT2D eigenvalue weighted by Crippen LogP contribution is -2.25. The molecule has 2 amide bonds. The van der Waals surface area contributed by atoms with Crippen LogP contribution in [0.25, 0.3) is 10.9 Å². The molecule has 0 radical (unpaired) electrons. The molecule has 138 valence electrons. The van der Waals surface area contributed by atoms with Gasteiger partial charge in [-0.2, -0.15) is 0 Å². The lowest BCUT2D eigenvalue weighted by atomic mass is 10.2. The second kappa shape index (κ2) is 7.88. The third-order valence-corrected chi connectivity index (χ3v) is 5.72. The fraction of sp³-hybridized carbons (Fsp3) is 0.238. The molecule has 0 atom stereocenters. The molecule has 2 aromatic carbocycles. The van der Waals surface area contributed by atoms with Gasteiger partial charge < -0.3 is 15.2 Å². The first-order valence-corrected chi connectivity index (χ1v) is 10.1. The normalized spacial score (nSPS) is 13.7. The van der Waals surface area contributed by atoms with Crippen LogP contribution in [0.3, 0.4) is 0 Å². The number of thioether (sulfide) groups is 1. The lowest BCUT2D eigenvalue weighted by Gasteiger charge is -2.10. The Morgan fingerprint density at radius 1 is 1.19 bits per heavy atom. The van der Waals surface area contributed by atoms with E-state index in [4.69, 9.17) is 0 Å². The molecule has 0 fully saturated rings. The molecule has 0 saturated carbocycles. The Labute approximate surface area is 162 Å². The monoisotopic (exact) mass is 379 g/mol. The molecule has 27 heavy (non-hydrogen) atoms. The average Bonchev–Trinajstić information content (AvgIpc) is 2.99. The van der Waals surface area contributed by atoms with Crippen LogP contribution in [0.15, 0.2) is 59.6 Å². The maximum Gasteiger partial charge on any atom is 0.251 e. The second-order valence-electron chi connectivity index (χ2n) is 6.53.